The lowest BCUT2D eigenvalue weighted by atomic mass is 9.99. The van der Waals surface area contributed by atoms with Gasteiger partial charge in [0, 0.05) is 31.4 Å². The fraction of sp³-hybridized carbons (Fsp3) is 0.312. The molecule has 7 nitrogen and oxygen atoms in total. The summed E-state index contributed by atoms with van der Waals surface area (Å²) in [5, 5.41) is 5.01. The van der Waals surface area contributed by atoms with Crippen LogP contribution in [0.3, 0.4) is 0 Å². The summed E-state index contributed by atoms with van der Waals surface area (Å²) in [6, 6.07) is 21.2. The van der Waals surface area contributed by atoms with Crippen LogP contribution in [0.5, 0.6) is 0 Å². The molecule has 0 unspecified atom stereocenters. The molecule has 2 aliphatic heterocycles. The number of benzene rings is 1. The Bertz CT molecular complexity index is 1660. The lowest BCUT2D eigenvalue weighted by molar-refractivity contribution is 0.436. The molecule has 0 N–H and O–H groups in total. The van der Waals surface area contributed by atoms with Gasteiger partial charge in [-0.05, 0) is 85.7 Å². The van der Waals surface area contributed by atoms with Gasteiger partial charge in [-0.25, -0.2) is 23.9 Å². The van der Waals surface area contributed by atoms with Gasteiger partial charge in [-0.1, -0.05) is 25.1 Å². The Labute approximate surface area is 233 Å². The zero-order chi connectivity index (χ0) is 27.1. The summed E-state index contributed by atoms with van der Waals surface area (Å²) in [5.41, 5.74) is 5.32. The third-order valence-electron chi connectivity index (χ3n) is 8.29. The Kier molecular flexibility index (Phi) is 6.38. The molecule has 4 aromatic heterocycles. The van der Waals surface area contributed by atoms with E-state index >= 15 is 0 Å². The lowest BCUT2D eigenvalue weighted by Gasteiger charge is -2.31. The van der Waals surface area contributed by atoms with Crippen molar-refractivity contribution in [2.75, 3.05) is 29.4 Å². The predicted octanol–water partition coefficient (Wildman–Crippen LogP) is 6.57. The zero-order valence-electron chi connectivity index (χ0n) is 22.6. The number of halogens is 1. The van der Waals surface area contributed by atoms with Gasteiger partial charge in [0.25, 0.3) is 0 Å². The molecule has 1 atom stereocenters. The van der Waals surface area contributed by atoms with E-state index in [0.717, 1.165) is 83.9 Å². The molecule has 0 bridgehead atoms. The minimum absolute atomic E-state index is 0.0954. The van der Waals surface area contributed by atoms with Crippen LogP contribution in [0.15, 0.2) is 79.1 Å². The molecule has 0 radical (unpaired) electrons. The van der Waals surface area contributed by atoms with Crippen molar-refractivity contribution in [3.05, 3.63) is 90.5 Å². The molecular weight excluding hydrogens is 501 g/mol. The first-order chi connectivity index (χ1) is 19.6. The quantitative estimate of drug-likeness (QED) is 0.255. The van der Waals surface area contributed by atoms with E-state index in [4.69, 9.17) is 10.1 Å². The van der Waals surface area contributed by atoms with Gasteiger partial charge < -0.3 is 9.80 Å². The summed E-state index contributed by atoms with van der Waals surface area (Å²) in [6.07, 6.45) is 8.11. The highest BCUT2D eigenvalue weighted by atomic mass is 19.1. The van der Waals surface area contributed by atoms with E-state index in [1.807, 2.05) is 59.4 Å². The van der Waals surface area contributed by atoms with Crippen molar-refractivity contribution in [2.45, 2.75) is 38.6 Å². The minimum atomic E-state index is -0.206. The number of hydrogen-bond acceptors (Lipinski definition) is 6. The number of fused-ring (bicyclic) bond motifs is 1. The molecule has 202 valence electrons. The van der Waals surface area contributed by atoms with Crippen molar-refractivity contribution in [1.29, 1.82) is 0 Å². The largest absolute Gasteiger partial charge is 0.357 e. The number of pyridine rings is 2. The van der Waals surface area contributed by atoms with Crippen LogP contribution in [-0.2, 0) is 0 Å². The van der Waals surface area contributed by atoms with Gasteiger partial charge in [-0.2, -0.15) is 0 Å². The van der Waals surface area contributed by atoms with Gasteiger partial charge in [0.1, 0.15) is 23.1 Å². The van der Waals surface area contributed by atoms with Crippen molar-refractivity contribution in [2.24, 2.45) is 5.92 Å². The normalized spacial score (nSPS) is 18.1. The van der Waals surface area contributed by atoms with E-state index in [9.17, 15) is 4.39 Å². The third kappa shape index (κ3) is 4.68. The van der Waals surface area contributed by atoms with E-state index in [0.29, 0.717) is 0 Å². The van der Waals surface area contributed by atoms with Crippen LogP contribution >= 0.6 is 0 Å². The number of aromatic nitrogens is 5. The van der Waals surface area contributed by atoms with Crippen LogP contribution in [0.4, 0.5) is 16.0 Å². The number of hydrogen-bond donors (Lipinski definition) is 0. The zero-order valence-corrected chi connectivity index (χ0v) is 22.6. The van der Waals surface area contributed by atoms with E-state index in [-0.39, 0.29) is 11.9 Å². The van der Waals surface area contributed by atoms with Crippen molar-refractivity contribution < 1.29 is 4.39 Å². The smallest absolute Gasteiger partial charge is 0.154 e. The van der Waals surface area contributed by atoms with E-state index in [1.165, 1.54) is 18.9 Å². The highest BCUT2D eigenvalue weighted by Crippen LogP contribution is 2.36. The van der Waals surface area contributed by atoms with Gasteiger partial charge in [-0.3, -0.25) is 0 Å². The summed E-state index contributed by atoms with van der Waals surface area (Å²) in [6.45, 7) is 5.27. The Hall–Kier alpha value is -4.33. The summed E-state index contributed by atoms with van der Waals surface area (Å²) < 4.78 is 15.9. The summed E-state index contributed by atoms with van der Waals surface area (Å²) in [5.74, 6) is 2.43. The summed E-state index contributed by atoms with van der Waals surface area (Å²) >= 11 is 0. The summed E-state index contributed by atoms with van der Waals surface area (Å²) in [7, 11) is 0. The number of piperidine rings is 1. The van der Waals surface area contributed by atoms with Gasteiger partial charge in [0.2, 0.25) is 0 Å². The van der Waals surface area contributed by atoms with Gasteiger partial charge in [-0.15, -0.1) is 5.10 Å². The minimum Gasteiger partial charge on any atom is -0.357 e. The molecule has 0 spiro atoms. The van der Waals surface area contributed by atoms with Crippen LogP contribution in [0, 0.1) is 11.7 Å². The molecule has 0 saturated carbocycles. The first-order valence-electron chi connectivity index (χ1n) is 14.2. The monoisotopic (exact) mass is 533 g/mol. The van der Waals surface area contributed by atoms with Crippen LogP contribution in [-0.4, -0.2) is 44.2 Å². The average molecular weight is 534 g/mol. The van der Waals surface area contributed by atoms with Crippen molar-refractivity contribution in [3.63, 3.8) is 0 Å². The maximum Gasteiger partial charge on any atom is 0.154 e. The Morgan fingerprint density at radius 2 is 1.68 bits per heavy atom. The molecule has 8 heteroatoms. The van der Waals surface area contributed by atoms with Gasteiger partial charge >= 0.3 is 0 Å². The molecular formula is C32H32FN7. The van der Waals surface area contributed by atoms with Gasteiger partial charge in [0.05, 0.1) is 23.6 Å². The first-order valence-corrected chi connectivity index (χ1v) is 14.2. The molecule has 0 aliphatic carbocycles. The molecule has 1 aromatic carbocycles. The number of rotatable bonds is 5. The SMILES string of the molecule is CC1CCN(c2cc(-c3cccc(-c4cnc5ccc(N6CCC[C@@H]6c6cccc(F)c6)nn45)n3)ccn2)CC1. The Morgan fingerprint density at radius 3 is 2.55 bits per heavy atom. The van der Waals surface area contributed by atoms with Crippen LogP contribution in [0.25, 0.3) is 28.3 Å². The third-order valence-corrected chi connectivity index (χ3v) is 8.29. The predicted molar refractivity (Wildman–Crippen MR) is 156 cm³/mol. The van der Waals surface area contributed by atoms with Crippen LogP contribution in [0.1, 0.15) is 44.2 Å². The van der Waals surface area contributed by atoms with E-state index in [1.54, 1.807) is 12.1 Å². The lowest BCUT2D eigenvalue weighted by Crippen LogP contribution is -2.33. The molecule has 0 amide bonds. The van der Waals surface area contributed by atoms with E-state index in [2.05, 4.69) is 32.8 Å². The second-order valence-corrected chi connectivity index (χ2v) is 11.0. The number of nitrogens with zero attached hydrogens (tertiary/aromatic N) is 7. The van der Waals surface area contributed by atoms with Crippen LogP contribution in [0.2, 0.25) is 0 Å². The molecule has 6 heterocycles. The Morgan fingerprint density at radius 1 is 0.825 bits per heavy atom. The molecule has 2 aliphatic rings. The molecule has 7 rings (SSSR count). The summed E-state index contributed by atoms with van der Waals surface area (Å²) in [4.78, 5) is 18.9. The highest BCUT2D eigenvalue weighted by Gasteiger charge is 2.28. The topological polar surface area (TPSA) is 62.5 Å². The van der Waals surface area contributed by atoms with Crippen molar-refractivity contribution in [3.8, 4) is 22.6 Å². The molecule has 2 saturated heterocycles. The highest BCUT2D eigenvalue weighted by molar-refractivity contribution is 5.68. The molecule has 40 heavy (non-hydrogen) atoms. The molecule has 5 aromatic rings. The van der Waals surface area contributed by atoms with Crippen LogP contribution < -0.4 is 9.80 Å². The first kappa shape index (κ1) is 24.7. The number of imidazole rings is 1. The fourth-order valence-corrected chi connectivity index (χ4v) is 6.02. The Balaban J connectivity index is 1.20. The maximum atomic E-state index is 14.0. The van der Waals surface area contributed by atoms with Crippen molar-refractivity contribution >= 4 is 17.3 Å². The second kappa shape index (κ2) is 10.3. The number of anilines is 2. The van der Waals surface area contributed by atoms with E-state index < -0.39 is 0 Å². The fourth-order valence-electron chi connectivity index (χ4n) is 6.02. The maximum absolute atomic E-state index is 14.0. The van der Waals surface area contributed by atoms with Gasteiger partial charge in [0.15, 0.2) is 5.65 Å². The second-order valence-electron chi connectivity index (χ2n) is 11.0. The average Bonchev–Trinajstić information content (AvgIpc) is 3.65. The molecule has 2 fully saturated rings. The van der Waals surface area contributed by atoms with Crippen molar-refractivity contribution in [1.82, 2.24) is 24.6 Å². The standard InChI is InChI=1S/C32H32FN7/c1-22-13-17-38(18-14-22)32-20-23(12-15-34-32)26-7-3-8-27(36-26)29-21-35-30-10-11-31(37-40(29)30)39-16-4-9-28(39)24-5-2-6-25(33)19-24/h2-3,5-8,10-12,15,19-22,28H,4,9,13-14,16-18H2,1H3/t28-/m1/s1.